The Balaban J connectivity index is 1.57. The van der Waals surface area contributed by atoms with Crippen LogP contribution in [0.3, 0.4) is 0 Å². The van der Waals surface area contributed by atoms with E-state index in [0.717, 1.165) is 24.3 Å². The van der Waals surface area contributed by atoms with Crippen LogP contribution >= 0.6 is 0 Å². The summed E-state index contributed by atoms with van der Waals surface area (Å²) in [6.45, 7) is 0.190. The lowest BCUT2D eigenvalue weighted by molar-refractivity contribution is -0.265. The number of alkyl halides is 5. The zero-order valence-corrected chi connectivity index (χ0v) is 24.2. The minimum Gasteiger partial charge on any atom is -0.489 e. The van der Waals surface area contributed by atoms with Gasteiger partial charge in [0.05, 0.1) is 12.2 Å². The van der Waals surface area contributed by atoms with Gasteiger partial charge in [-0.05, 0) is 67.9 Å². The molecule has 0 saturated heterocycles. The van der Waals surface area contributed by atoms with E-state index in [9.17, 15) is 41.0 Å². The molecular formula is C31H26F6N4O5. The number of ether oxygens (including phenoxy) is 2. The molecule has 1 aliphatic heterocycles. The van der Waals surface area contributed by atoms with Crippen molar-refractivity contribution in [2.24, 2.45) is 5.73 Å². The number of nitrogens with zero attached hydrogens (tertiary/aromatic N) is 2. The van der Waals surface area contributed by atoms with Gasteiger partial charge in [0.2, 0.25) is 11.5 Å². The van der Waals surface area contributed by atoms with Crippen LogP contribution in [-0.4, -0.2) is 59.2 Å². The molecule has 15 heteroatoms. The first-order valence-corrected chi connectivity index (χ1v) is 13.7. The number of aryl methyl sites for hydroxylation is 1. The van der Waals surface area contributed by atoms with Crippen LogP contribution in [0.15, 0.2) is 54.7 Å². The van der Waals surface area contributed by atoms with Gasteiger partial charge in [-0.15, -0.1) is 0 Å². The second kappa shape index (κ2) is 11.8. The number of carbonyl (C=O) groups excluding carboxylic acids is 2. The maximum atomic E-state index is 14.7. The van der Waals surface area contributed by atoms with E-state index in [1.54, 1.807) is 13.0 Å². The molecule has 4 N–H and O–H groups in total. The number of benzene rings is 2. The highest BCUT2D eigenvalue weighted by Crippen LogP contribution is 2.47. The number of hydrogen-bond donors (Lipinski definition) is 3. The van der Waals surface area contributed by atoms with Crippen molar-refractivity contribution in [3.05, 3.63) is 82.9 Å². The van der Waals surface area contributed by atoms with Crippen molar-refractivity contribution in [2.45, 2.75) is 37.5 Å². The summed E-state index contributed by atoms with van der Waals surface area (Å²) < 4.78 is 94.3. The molecule has 0 bridgehead atoms. The highest BCUT2D eigenvalue weighted by molar-refractivity contribution is 6.00. The Morgan fingerprint density at radius 3 is 2.48 bits per heavy atom. The standard InChI is InChI=1S/C31H26F6N4O5/c1-15-7-17-8-18(9-21(24(17)39-11-15)45-12-23(33)34)27(42)40-13-30(44,31(35,36)37)22-10-20-26(46-14-29(20,2)28(38)43)25(41-22)16-3-5-19(32)6-4-16/h3-11,23,44H,12-14H2,1-2H3,(H2,38,43)(H,40,42)/t29-,30?/m0/s1. The Bertz CT molecular complexity index is 1840. The number of halogens is 6. The molecule has 2 aromatic carbocycles. The third-order valence-electron chi connectivity index (χ3n) is 7.64. The van der Waals surface area contributed by atoms with Crippen molar-refractivity contribution in [1.82, 2.24) is 15.3 Å². The van der Waals surface area contributed by atoms with Crippen molar-refractivity contribution in [1.29, 1.82) is 0 Å². The van der Waals surface area contributed by atoms with Crippen molar-refractivity contribution >= 4 is 22.7 Å². The largest absolute Gasteiger partial charge is 0.489 e. The number of pyridine rings is 2. The predicted molar refractivity (Wildman–Crippen MR) is 152 cm³/mol. The number of aromatic nitrogens is 2. The van der Waals surface area contributed by atoms with Gasteiger partial charge in [0.15, 0.2) is 0 Å². The molecule has 1 unspecified atom stereocenters. The zero-order valence-electron chi connectivity index (χ0n) is 24.2. The molecule has 9 nitrogen and oxygen atoms in total. The van der Waals surface area contributed by atoms with Gasteiger partial charge in [-0.3, -0.25) is 14.6 Å². The van der Waals surface area contributed by atoms with Crippen LogP contribution in [0.5, 0.6) is 11.5 Å². The molecule has 242 valence electrons. The van der Waals surface area contributed by atoms with Gasteiger partial charge in [0.1, 0.15) is 47.2 Å². The number of aliphatic hydroxyl groups is 1. The molecule has 46 heavy (non-hydrogen) atoms. The van der Waals surface area contributed by atoms with Crippen molar-refractivity contribution < 1.29 is 50.5 Å². The molecule has 2 atom stereocenters. The van der Waals surface area contributed by atoms with Crippen LogP contribution in [0.1, 0.15) is 34.1 Å². The molecule has 4 aromatic rings. The number of nitrogens with two attached hydrogens (primary N) is 1. The molecule has 0 fully saturated rings. The fourth-order valence-corrected chi connectivity index (χ4v) is 4.97. The van der Waals surface area contributed by atoms with Gasteiger partial charge in [-0.25, -0.2) is 18.2 Å². The monoisotopic (exact) mass is 648 g/mol. The topological polar surface area (TPSA) is 137 Å². The number of hydrogen-bond acceptors (Lipinski definition) is 7. The van der Waals surface area contributed by atoms with Crippen molar-refractivity contribution in [2.75, 3.05) is 19.8 Å². The second-order valence-corrected chi connectivity index (χ2v) is 11.0. The summed E-state index contributed by atoms with van der Waals surface area (Å²) in [6, 6.07) is 9.26. The summed E-state index contributed by atoms with van der Waals surface area (Å²) in [5, 5.41) is 13.6. The molecule has 2 aromatic heterocycles. The molecule has 1 aliphatic rings. The minimum absolute atomic E-state index is 0.0818. The number of primary amides is 1. The van der Waals surface area contributed by atoms with E-state index >= 15 is 0 Å². The number of rotatable bonds is 9. The summed E-state index contributed by atoms with van der Waals surface area (Å²) in [7, 11) is 0. The van der Waals surface area contributed by atoms with Gasteiger partial charge < -0.3 is 25.6 Å². The number of amides is 2. The molecule has 3 heterocycles. The van der Waals surface area contributed by atoms with Crippen LogP contribution < -0.4 is 20.5 Å². The molecule has 0 aliphatic carbocycles. The highest BCUT2D eigenvalue weighted by Gasteiger charge is 2.57. The Morgan fingerprint density at radius 1 is 1.15 bits per heavy atom. The number of carbonyl (C=O) groups is 2. The fourth-order valence-electron chi connectivity index (χ4n) is 4.97. The fraction of sp³-hybridized carbons (Fsp3) is 0.290. The summed E-state index contributed by atoms with van der Waals surface area (Å²) in [5.74, 6) is -2.97. The predicted octanol–water partition coefficient (Wildman–Crippen LogP) is 4.70. The molecule has 0 radical (unpaired) electrons. The van der Waals surface area contributed by atoms with Crippen LogP contribution in [-0.2, 0) is 15.8 Å². The van der Waals surface area contributed by atoms with E-state index in [4.69, 9.17) is 15.2 Å². The van der Waals surface area contributed by atoms with Gasteiger partial charge in [-0.2, -0.15) is 13.2 Å². The van der Waals surface area contributed by atoms with Gasteiger partial charge in [0.25, 0.3) is 12.3 Å². The normalized spacial score (nSPS) is 17.3. The maximum Gasteiger partial charge on any atom is 0.424 e. The first-order chi connectivity index (χ1) is 21.5. The summed E-state index contributed by atoms with van der Waals surface area (Å²) in [4.78, 5) is 33.8. The van der Waals surface area contributed by atoms with E-state index in [0.29, 0.717) is 5.56 Å². The van der Waals surface area contributed by atoms with Crippen LogP contribution in [0.2, 0.25) is 0 Å². The Kier molecular flexibility index (Phi) is 8.32. The molecular weight excluding hydrogens is 622 g/mol. The zero-order chi connectivity index (χ0) is 33.6. The van der Waals surface area contributed by atoms with Crippen molar-refractivity contribution in [3.63, 3.8) is 0 Å². The molecule has 5 rings (SSSR count). The number of fused-ring (bicyclic) bond motifs is 2. The third-order valence-corrected chi connectivity index (χ3v) is 7.64. The van der Waals surface area contributed by atoms with E-state index in [1.165, 1.54) is 31.3 Å². The smallest absolute Gasteiger partial charge is 0.424 e. The Hall–Kier alpha value is -4.92. The number of nitrogens with one attached hydrogen (secondary N) is 1. The second-order valence-electron chi connectivity index (χ2n) is 11.0. The minimum atomic E-state index is -5.44. The van der Waals surface area contributed by atoms with E-state index in [1.807, 2.05) is 5.32 Å². The lowest BCUT2D eigenvalue weighted by Gasteiger charge is -2.31. The molecule has 0 spiro atoms. The quantitative estimate of drug-likeness (QED) is 0.224. The average molecular weight is 649 g/mol. The first kappa shape index (κ1) is 32.5. The maximum absolute atomic E-state index is 14.7. The van der Waals surface area contributed by atoms with Crippen LogP contribution in [0, 0.1) is 12.7 Å². The average Bonchev–Trinajstić information content (AvgIpc) is 3.35. The van der Waals surface area contributed by atoms with Gasteiger partial charge in [0, 0.05) is 28.3 Å². The van der Waals surface area contributed by atoms with Crippen molar-refractivity contribution in [3.8, 4) is 22.8 Å². The summed E-state index contributed by atoms with van der Waals surface area (Å²) in [5.41, 5.74) is -0.590. The van der Waals surface area contributed by atoms with Gasteiger partial charge in [-0.1, -0.05) is 0 Å². The van der Waals surface area contributed by atoms with Gasteiger partial charge >= 0.3 is 6.18 Å². The lowest BCUT2D eigenvalue weighted by Crippen LogP contribution is -2.51. The van der Waals surface area contributed by atoms with E-state index < -0.39 is 60.1 Å². The molecule has 2 amide bonds. The van der Waals surface area contributed by atoms with Crippen LogP contribution in [0.4, 0.5) is 26.3 Å². The Labute approximate surface area is 257 Å². The van der Waals surface area contributed by atoms with Crippen LogP contribution in [0.25, 0.3) is 22.2 Å². The Morgan fingerprint density at radius 2 is 1.85 bits per heavy atom. The lowest BCUT2D eigenvalue weighted by atomic mass is 9.81. The summed E-state index contributed by atoms with van der Waals surface area (Å²) >= 11 is 0. The summed E-state index contributed by atoms with van der Waals surface area (Å²) in [6.07, 6.45) is -6.86. The van der Waals surface area contributed by atoms with E-state index in [2.05, 4.69) is 9.97 Å². The SMILES string of the molecule is Cc1cnc2c(OCC(F)F)cc(C(=O)NCC(O)(c3cc4c(c(-c5ccc(F)cc5)n3)OC[C@]4(C)C(N)=O)C(F)(F)F)cc2c1. The first-order valence-electron chi connectivity index (χ1n) is 13.7. The third kappa shape index (κ3) is 5.89. The molecule has 0 saturated carbocycles. The highest BCUT2D eigenvalue weighted by atomic mass is 19.4. The van der Waals surface area contributed by atoms with E-state index in [-0.39, 0.29) is 51.4 Å².